The Hall–Kier alpha value is -2.16. The molecule has 2 aliphatic heterocycles. The fourth-order valence-corrected chi connectivity index (χ4v) is 5.10. The van der Waals surface area contributed by atoms with Crippen LogP contribution in [-0.2, 0) is 30.3 Å². The second-order valence-corrected chi connectivity index (χ2v) is 10.7. The Labute approximate surface area is 202 Å². The number of hydrogen-bond acceptors (Lipinski definition) is 6. The molecule has 1 saturated carbocycles. The van der Waals surface area contributed by atoms with Crippen LogP contribution in [0.25, 0.3) is 0 Å². The monoisotopic (exact) mass is 474 g/mol. The summed E-state index contributed by atoms with van der Waals surface area (Å²) in [5, 5.41) is 3.10. The molecule has 1 N–H and O–H groups in total. The third-order valence-electron chi connectivity index (χ3n) is 6.86. The maximum atomic E-state index is 12.9. The first-order valence-electron chi connectivity index (χ1n) is 12.4. The Morgan fingerprint density at radius 2 is 1.79 bits per heavy atom. The van der Waals surface area contributed by atoms with Crippen LogP contribution in [-0.4, -0.2) is 72.7 Å². The van der Waals surface area contributed by atoms with Gasteiger partial charge in [-0.1, -0.05) is 30.3 Å². The average molecular weight is 475 g/mol. The third-order valence-corrected chi connectivity index (χ3v) is 6.86. The minimum absolute atomic E-state index is 0.0504. The van der Waals surface area contributed by atoms with Crippen molar-refractivity contribution in [3.8, 4) is 0 Å². The van der Waals surface area contributed by atoms with E-state index in [2.05, 4.69) is 17.4 Å². The molecule has 2 atom stereocenters. The number of likely N-dealkylation sites (tertiary alicyclic amines) is 1. The second-order valence-electron chi connectivity index (χ2n) is 10.7. The van der Waals surface area contributed by atoms with Crippen LogP contribution in [0.4, 0.5) is 4.79 Å². The van der Waals surface area contributed by atoms with Crippen molar-refractivity contribution in [2.75, 3.05) is 26.4 Å². The number of benzene rings is 1. The molecule has 8 heteroatoms. The Balaban J connectivity index is 1.32. The predicted octanol–water partition coefficient (Wildman–Crippen LogP) is 3.43. The Morgan fingerprint density at radius 1 is 1.12 bits per heavy atom. The molecule has 1 aromatic rings. The topological polar surface area (TPSA) is 86.3 Å². The van der Waals surface area contributed by atoms with Gasteiger partial charge in [-0.3, -0.25) is 4.79 Å². The van der Waals surface area contributed by atoms with Gasteiger partial charge < -0.3 is 29.2 Å². The van der Waals surface area contributed by atoms with Crippen LogP contribution in [0.1, 0.15) is 58.4 Å². The molecule has 8 nitrogen and oxygen atoms in total. The summed E-state index contributed by atoms with van der Waals surface area (Å²) in [7, 11) is 0. The standard InChI is InChI=1S/C26H38N2O6/c1-25(2,3)34-24(30)28-14-13-26(18-31-17-23(29)27-26)22(28)16-33-21-11-9-20(10-12-21)32-15-19-7-5-4-6-8-19/h4-8,20-22H,9-18H2,1-3H3,(H,27,29)/t20?,21?,22-,26+/m0/s1. The van der Waals surface area contributed by atoms with Crippen molar-refractivity contribution in [3.63, 3.8) is 0 Å². The van der Waals surface area contributed by atoms with Gasteiger partial charge in [0.1, 0.15) is 12.2 Å². The largest absolute Gasteiger partial charge is 0.444 e. The summed E-state index contributed by atoms with van der Waals surface area (Å²) >= 11 is 0. The molecule has 2 saturated heterocycles. The van der Waals surface area contributed by atoms with Gasteiger partial charge in [0, 0.05) is 6.54 Å². The Morgan fingerprint density at radius 3 is 2.44 bits per heavy atom. The summed E-state index contributed by atoms with van der Waals surface area (Å²) < 4.78 is 23.7. The van der Waals surface area contributed by atoms with E-state index in [4.69, 9.17) is 18.9 Å². The first-order chi connectivity index (χ1) is 16.2. The number of nitrogens with zero attached hydrogens (tertiary/aromatic N) is 1. The first-order valence-corrected chi connectivity index (χ1v) is 12.4. The molecule has 4 rings (SSSR count). The SMILES string of the molecule is CC(C)(C)OC(=O)N1CC[C@@]2(COCC(=O)N2)[C@@H]1COC1CCC(OCc2ccccc2)CC1. The van der Waals surface area contributed by atoms with Crippen molar-refractivity contribution in [2.45, 2.75) is 88.9 Å². The molecule has 2 heterocycles. The van der Waals surface area contributed by atoms with E-state index < -0.39 is 11.1 Å². The van der Waals surface area contributed by atoms with Gasteiger partial charge in [0.2, 0.25) is 5.91 Å². The zero-order valence-corrected chi connectivity index (χ0v) is 20.6. The normalized spacial score (nSPS) is 29.8. The van der Waals surface area contributed by atoms with Crippen LogP contribution in [0.15, 0.2) is 30.3 Å². The van der Waals surface area contributed by atoms with Gasteiger partial charge in [-0.2, -0.15) is 0 Å². The molecule has 0 unspecified atom stereocenters. The van der Waals surface area contributed by atoms with Gasteiger partial charge in [-0.15, -0.1) is 0 Å². The van der Waals surface area contributed by atoms with Crippen molar-refractivity contribution in [1.29, 1.82) is 0 Å². The number of morpholine rings is 1. The minimum Gasteiger partial charge on any atom is -0.444 e. The second kappa shape index (κ2) is 10.6. The van der Waals surface area contributed by atoms with Gasteiger partial charge in [0.25, 0.3) is 0 Å². The molecule has 1 spiro atoms. The lowest BCUT2D eigenvalue weighted by atomic mass is 9.90. The van der Waals surface area contributed by atoms with Crippen molar-refractivity contribution < 1.29 is 28.5 Å². The highest BCUT2D eigenvalue weighted by molar-refractivity contribution is 5.79. The van der Waals surface area contributed by atoms with Crippen molar-refractivity contribution in [3.05, 3.63) is 35.9 Å². The van der Waals surface area contributed by atoms with Gasteiger partial charge in [0.15, 0.2) is 0 Å². The lowest BCUT2D eigenvalue weighted by Gasteiger charge is -2.41. The lowest BCUT2D eigenvalue weighted by molar-refractivity contribution is -0.138. The minimum atomic E-state index is -0.637. The maximum absolute atomic E-state index is 12.9. The van der Waals surface area contributed by atoms with Crippen LogP contribution in [0.2, 0.25) is 0 Å². The highest BCUT2D eigenvalue weighted by Crippen LogP contribution is 2.34. The molecule has 0 radical (unpaired) electrons. The van der Waals surface area contributed by atoms with E-state index in [9.17, 15) is 9.59 Å². The Kier molecular flexibility index (Phi) is 7.80. The molecule has 188 valence electrons. The van der Waals surface area contributed by atoms with Gasteiger partial charge in [-0.05, 0) is 58.4 Å². The van der Waals surface area contributed by atoms with E-state index in [-0.39, 0.29) is 36.9 Å². The lowest BCUT2D eigenvalue weighted by Crippen LogP contribution is -2.65. The van der Waals surface area contributed by atoms with Crippen LogP contribution < -0.4 is 5.32 Å². The number of amides is 2. The van der Waals surface area contributed by atoms with E-state index in [1.807, 2.05) is 39.0 Å². The van der Waals surface area contributed by atoms with E-state index in [1.165, 1.54) is 5.56 Å². The molecule has 1 aromatic carbocycles. The molecule has 2 amide bonds. The third kappa shape index (κ3) is 6.29. The smallest absolute Gasteiger partial charge is 0.410 e. The number of ether oxygens (including phenoxy) is 4. The van der Waals surface area contributed by atoms with Gasteiger partial charge >= 0.3 is 6.09 Å². The molecule has 1 aliphatic carbocycles. The fraction of sp³-hybridized carbons (Fsp3) is 0.692. The first kappa shape index (κ1) is 24.9. The van der Waals surface area contributed by atoms with E-state index in [0.29, 0.717) is 32.8 Å². The molecule has 0 aromatic heterocycles. The van der Waals surface area contributed by atoms with Gasteiger partial charge in [0.05, 0.1) is 43.6 Å². The van der Waals surface area contributed by atoms with E-state index in [1.54, 1.807) is 4.90 Å². The molecule has 3 fully saturated rings. The van der Waals surface area contributed by atoms with Crippen LogP contribution >= 0.6 is 0 Å². The quantitative estimate of drug-likeness (QED) is 0.680. The summed E-state index contributed by atoms with van der Waals surface area (Å²) in [4.78, 5) is 26.8. The van der Waals surface area contributed by atoms with Crippen LogP contribution in [0, 0.1) is 0 Å². The van der Waals surface area contributed by atoms with Crippen molar-refractivity contribution >= 4 is 12.0 Å². The molecule has 0 bridgehead atoms. The summed E-state index contributed by atoms with van der Waals surface area (Å²) in [6, 6.07) is 9.89. The fourth-order valence-electron chi connectivity index (χ4n) is 5.10. The number of carbonyl (C=O) groups excluding carboxylic acids is 2. The van der Waals surface area contributed by atoms with Crippen molar-refractivity contribution in [2.24, 2.45) is 0 Å². The highest BCUT2D eigenvalue weighted by atomic mass is 16.6. The molecular formula is C26H38N2O6. The maximum Gasteiger partial charge on any atom is 0.410 e. The zero-order valence-electron chi connectivity index (χ0n) is 20.6. The summed E-state index contributed by atoms with van der Waals surface area (Å²) in [6.45, 7) is 7.44. The Bertz CT molecular complexity index is 833. The van der Waals surface area contributed by atoms with Gasteiger partial charge in [-0.25, -0.2) is 4.79 Å². The van der Waals surface area contributed by atoms with Crippen molar-refractivity contribution in [1.82, 2.24) is 10.2 Å². The van der Waals surface area contributed by atoms with E-state index in [0.717, 1.165) is 25.7 Å². The summed E-state index contributed by atoms with van der Waals surface area (Å²) in [5.41, 5.74) is -0.0448. The molecular weight excluding hydrogens is 436 g/mol. The summed E-state index contributed by atoms with van der Waals surface area (Å²) in [6.07, 6.45) is 4.30. The number of hydrogen-bond donors (Lipinski definition) is 1. The molecule has 3 aliphatic rings. The highest BCUT2D eigenvalue weighted by Gasteiger charge is 2.53. The zero-order chi connectivity index (χ0) is 24.2. The van der Waals surface area contributed by atoms with E-state index >= 15 is 0 Å². The molecule has 34 heavy (non-hydrogen) atoms. The summed E-state index contributed by atoms with van der Waals surface area (Å²) in [5.74, 6) is -0.154. The number of carbonyl (C=O) groups is 2. The number of nitrogens with one attached hydrogen (secondary N) is 1. The van der Waals surface area contributed by atoms with Crippen LogP contribution in [0.5, 0.6) is 0 Å². The number of rotatable bonds is 6. The van der Waals surface area contributed by atoms with Crippen LogP contribution in [0.3, 0.4) is 0 Å². The average Bonchev–Trinajstić information content (AvgIpc) is 3.13. The predicted molar refractivity (Wildman–Crippen MR) is 126 cm³/mol.